The molecule has 0 atom stereocenters. The van der Waals surface area contributed by atoms with Crippen LogP contribution in [0.3, 0.4) is 0 Å². The molecule has 0 bridgehead atoms. The number of alkyl carbamates (subject to hydrolysis) is 1. The highest BCUT2D eigenvalue weighted by molar-refractivity contribution is 5.70. The molecule has 0 saturated carbocycles. The van der Waals surface area contributed by atoms with E-state index in [0.717, 1.165) is 30.6 Å². The first-order valence-electron chi connectivity index (χ1n) is 10.7. The second-order valence-corrected chi connectivity index (χ2v) is 8.27. The van der Waals surface area contributed by atoms with E-state index in [1.54, 1.807) is 0 Å². The number of unbranched alkanes of at least 4 members (excludes halogenated alkanes) is 1. The zero-order valence-corrected chi connectivity index (χ0v) is 18.7. The first-order chi connectivity index (χ1) is 14.8. The summed E-state index contributed by atoms with van der Waals surface area (Å²) in [5.41, 5.74) is 1.69. The predicted octanol–water partition coefficient (Wildman–Crippen LogP) is 5.05. The van der Waals surface area contributed by atoms with E-state index in [1.807, 2.05) is 75.4 Å². The lowest BCUT2D eigenvalue weighted by Gasteiger charge is -2.19. The Balaban J connectivity index is 1.54. The minimum Gasteiger partial charge on any atom is -0.493 e. The molecule has 0 radical (unpaired) electrons. The summed E-state index contributed by atoms with van der Waals surface area (Å²) >= 11 is 0. The van der Waals surface area contributed by atoms with Crippen LogP contribution in [0.25, 0.3) is 0 Å². The van der Waals surface area contributed by atoms with Gasteiger partial charge in [-0.15, -0.1) is 0 Å². The number of benzene rings is 2. The topological polar surface area (TPSA) is 73.9 Å². The normalized spacial score (nSPS) is 10.9. The molecule has 0 spiro atoms. The van der Waals surface area contributed by atoms with Gasteiger partial charge in [-0.2, -0.15) is 0 Å². The molecule has 2 rings (SSSR count). The van der Waals surface area contributed by atoms with E-state index in [9.17, 15) is 9.59 Å². The van der Waals surface area contributed by atoms with Crippen LogP contribution in [0, 0.1) is 0 Å². The first kappa shape index (κ1) is 24.3. The molecule has 0 unspecified atom stereocenters. The van der Waals surface area contributed by atoms with Crippen LogP contribution in [-0.4, -0.2) is 30.8 Å². The van der Waals surface area contributed by atoms with Gasteiger partial charge < -0.3 is 19.5 Å². The molecule has 0 saturated heterocycles. The monoisotopic (exact) mass is 427 g/mol. The molecule has 0 aliphatic rings. The van der Waals surface area contributed by atoms with Crippen LogP contribution in [-0.2, 0) is 27.3 Å². The lowest BCUT2D eigenvalue weighted by atomic mass is 10.1. The smallest absolute Gasteiger partial charge is 0.407 e. The van der Waals surface area contributed by atoms with Gasteiger partial charge in [0.05, 0.1) is 13.0 Å². The van der Waals surface area contributed by atoms with Crippen LogP contribution in [0.15, 0.2) is 54.6 Å². The van der Waals surface area contributed by atoms with Crippen LogP contribution in [0.5, 0.6) is 5.75 Å². The minimum atomic E-state index is -0.475. The molecule has 0 aliphatic heterocycles. The van der Waals surface area contributed by atoms with Gasteiger partial charge in [0.1, 0.15) is 18.0 Å². The minimum absolute atomic E-state index is 0.222. The first-order valence-corrected chi connectivity index (χ1v) is 10.7. The number of rotatable bonds is 11. The largest absolute Gasteiger partial charge is 0.493 e. The fourth-order valence-corrected chi connectivity index (χ4v) is 2.82. The molecule has 6 heteroatoms. The van der Waals surface area contributed by atoms with Gasteiger partial charge in [0.25, 0.3) is 0 Å². The summed E-state index contributed by atoms with van der Waals surface area (Å²) in [4.78, 5) is 23.4. The van der Waals surface area contributed by atoms with Crippen molar-refractivity contribution in [2.75, 3.05) is 13.2 Å². The van der Waals surface area contributed by atoms with Crippen LogP contribution >= 0.6 is 0 Å². The van der Waals surface area contributed by atoms with Gasteiger partial charge in [-0.1, -0.05) is 42.5 Å². The number of esters is 1. The summed E-state index contributed by atoms with van der Waals surface area (Å²) in [6.07, 6.45) is 2.57. The van der Waals surface area contributed by atoms with E-state index in [-0.39, 0.29) is 19.0 Å². The van der Waals surface area contributed by atoms with Gasteiger partial charge in [0.2, 0.25) is 0 Å². The van der Waals surface area contributed by atoms with E-state index in [1.165, 1.54) is 5.56 Å². The number of carbonyl (C=O) groups is 2. The third-order valence-corrected chi connectivity index (χ3v) is 4.29. The van der Waals surface area contributed by atoms with E-state index in [2.05, 4.69) is 5.32 Å². The third-order valence-electron chi connectivity index (χ3n) is 4.29. The van der Waals surface area contributed by atoms with Crippen molar-refractivity contribution in [1.82, 2.24) is 5.32 Å². The molecule has 31 heavy (non-hydrogen) atoms. The van der Waals surface area contributed by atoms with Crippen molar-refractivity contribution >= 4 is 12.1 Å². The number of amides is 1. The highest BCUT2D eigenvalue weighted by Crippen LogP contribution is 2.15. The molecule has 0 aliphatic carbocycles. The molecule has 1 N–H and O–H groups in total. The van der Waals surface area contributed by atoms with Crippen LogP contribution in [0.4, 0.5) is 4.79 Å². The van der Waals surface area contributed by atoms with Crippen molar-refractivity contribution in [3.8, 4) is 5.75 Å². The van der Waals surface area contributed by atoms with Gasteiger partial charge in [-0.25, -0.2) is 4.79 Å². The van der Waals surface area contributed by atoms with Gasteiger partial charge in [-0.05, 0) is 63.3 Å². The lowest BCUT2D eigenvalue weighted by molar-refractivity contribution is -0.155. The summed E-state index contributed by atoms with van der Waals surface area (Å²) in [5, 5.41) is 2.78. The highest BCUT2D eigenvalue weighted by atomic mass is 16.6. The van der Waals surface area contributed by atoms with Gasteiger partial charge >= 0.3 is 12.1 Å². The van der Waals surface area contributed by atoms with Gasteiger partial charge in [0.15, 0.2) is 0 Å². The molecule has 0 aromatic heterocycles. The highest BCUT2D eigenvalue weighted by Gasteiger charge is 2.15. The van der Waals surface area contributed by atoms with Crippen molar-refractivity contribution in [3.05, 3.63) is 65.7 Å². The summed E-state index contributed by atoms with van der Waals surface area (Å²) in [6.45, 7) is 6.69. The summed E-state index contributed by atoms with van der Waals surface area (Å²) in [7, 11) is 0. The van der Waals surface area contributed by atoms with Crippen molar-refractivity contribution < 1.29 is 23.8 Å². The number of aryl methyl sites for hydroxylation is 1. The third kappa shape index (κ3) is 11.1. The van der Waals surface area contributed by atoms with E-state index in [0.29, 0.717) is 13.2 Å². The molecule has 0 fully saturated rings. The molecule has 0 heterocycles. The van der Waals surface area contributed by atoms with Gasteiger partial charge in [-0.3, -0.25) is 4.79 Å². The molecular weight excluding hydrogens is 394 g/mol. The Morgan fingerprint density at radius 1 is 0.903 bits per heavy atom. The second kappa shape index (κ2) is 12.6. The van der Waals surface area contributed by atoms with Crippen molar-refractivity contribution in [1.29, 1.82) is 0 Å². The molecule has 6 nitrogen and oxygen atoms in total. The second-order valence-electron chi connectivity index (χ2n) is 8.27. The standard InChI is InChI=1S/C25H33NO5/c1-25(2,3)31-23(27)16-18-29-22-14-12-20(13-15-22)9-7-8-17-26-24(28)30-19-21-10-5-4-6-11-21/h4-6,10-15H,7-9,16-19H2,1-3H3,(H,26,28). The van der Waals surface area contributed by atoms with E-state index < -0.39 is 11.7 Å². The Kier molecular flexibility index (Phi) is 9.88. The van der Waals surface area contributed by atoms with Crippen molar-refractivity contribution in [2.45, 2.75) is 58.7 Å². The average molecular weight is 428 g/mol. The van der Waals surface area contributed by atoms with Gasteiger partial charge in [0, 0.05) is 6.54 Å². The van der Waals surface area contributed by atoms with Crippen LogP contribution in [0.1, 0.15) is 51.2 Å². The Bertz CT molecular complexity index is 797. The zero-order chi connectivity index (χ0) is 22.5. The maximum absolute atomic E-state index is 11.7. The Morgan fingerprint density at radius 3 is 2.29 bits per heavy atom. The lowest BCUT2D eigenvalue weighted by Crippen LogP contribution is -2.25. The Labute approximate surface area is 184 Å². The summed E-state index contributed by atoms with van der Waals surface area (Å²) in [5.74, 6) is 0.469. The van der Waals surface area contributed by atoms with E-state index >= 15 is 0 Å². The Morgan fingerprint density at radius 2 is 1.61 bits per heavy atom. The molecular formula is C25H33NO5. The van der Waals surface area contributed by atoms with Crippen molar-refractivity contribution in [3.63, 3.8) is 0 Å². The van der Waals surface area contributed by atoms with Crippen LogP contribution < -0.4 is 10.1 Å². The zero-order valence-electron chi connectivity index (χ0n) is 18.7. The van der Waals surface area contributed by atoms with Crippen LogP contribution in [0.2, 0.25) is 0 Å². The number of hydrogen-bond acceptors (Lipinski definition) is 5. The number of carbonyl (C=O) groups excluding carboxylic acids is 2. The van der Waals surface area contributed by atoms with E-state index in [4.69, 9.17) is 14.2 Å². The number of hydrogen-bond donors (Lipinski definition) is 1. The molecule has 168 valence electrons. The fourth-order valence-electron chi connectivity index (χ4n) is 2.82. The maximum Gasteiger partial charge on any atom is 0.407 e. The van der Waals surface area contributed by atoms with Crippen molar-refractivity contribution in [2.24, 2.45) is 0 Å². The fraction of sp³-hybridized carbons (Fsp3) is 0.440. The molecule has 2 aromatic carbocycles. The molecule has 1 amide bonds. The maximum atomic E-state index is 11.7. The SMILES string of the molecule is CC(C)(C)OC(=O)CCOc1ccc(CCCCNC(=O)OCc2ccccc2)cc1. The summed E-state index contributed by atoms with van der Waals surface area (Å²) < 4.78 is 16.0. The number of nitrogens with one attached hydrogen (secondary N) is 1. The quantitative estimate of drug-likeness (QED) is 0.401. The molecule has 2 aromatic rings. The Hall–Kier alpha value is -3.02. The average Bonchev–Trinajstić information content (AvgIpc) is 2.72. The summed E-state index contributed by atoms with van der Waals surface area (Å²) in [6, 6.07) is 17.5. The predicted molar refractivity (Wildman–Crippen MR) is 120 cm³/mol. The number of ether oxygens (including phenoxy) is 3.